The zero-order chi connectivity index (χ0) is 19.2. The molecule has 2 rings (SSSR count). The van der Waals surface area contributed by atoms with E-state index in [1.54, 1.807) is 6.07 Å². The van der Waals surface area contributed by atoms with Gasteiger partial charge in [-0.15, -0.1) is 11.3 Å². The topological polar surface area (TPSA) is 125 Å². The van der Waals surface area contributed by atoms with Gasteiger partial charge in [-0.25, -0.2) is 13.6 Å². The summed E-state index contributed by atoms with van der Waals surface area (Å²) in [6.07, 6.45) is 0. The summed E-state index contributed by atoms with van der Waals surface area (Å²) in [5, 5.41) is 7.47. The van der Waals surface area contributed by atoms with Crippen molar-refractivity contribution in [1.29, 1.82) is 0 Å². The Bertz CT molecular complexity index is 874. The van der Waals surface area contributed by atoms with Gasteiger partial charge in [0.25, 0.3) is 5.91 Å². The quantitative estimate of drug-likeness (QED) is 0.506. The predicted molar refractivity (Wildman–Crippen MR) is 95.7 cm³/mol. The molecule has 0 saturated heterocycles. The molecule has 0 radical (unpaired) electrons. The van der Waals surface area contributed by atoms with Crippen LogP contribution in [0.3, 0.4) is 0 Å². The summed E-state index contributed by atoms with van der Waals surface area (Å²) in [4.78, 5) is 24.9. The summed E-state index contributed by atoms with van der Waals surface area (Å²) in [6, 6.07) is 9.05. The van der Waals surface area contributed by atoms with Gasteiger partial charge in [0, 0.05) is 4.88 Å². The Morgan fingerprint density at radius 3 is 2.38 bits per heavy atom. The van der Waals surface area contributed by atoms with Crippen LogP contribution in [0.2, 0.25) is 0 Å². The van der Waals surface area contributed by atoms with Gasteiger partial charge in [-0.1, -0.05) is 0 Å². The number of ether oxygens (including phenoxy) is 2. The molecule has 10 heteroatoms. The molecular weight excluding hydrogens is 380 g/mol. The van der Waals surface area contributed by atoms with Crippen molar-refractivity contribution in [3.8, 4) is 5.75 Å². The number of sulfonamides is 1. The fraction of sp³-hybridized carbons (Fsp3) is 0.250. The van der Waals surface area contributed by atoms with Crippen LogP contribution >= 0.6 is 11.3 Å². The monoisotopic (exact) mass is 398 g/mol. The van der Waals surface area contributed by atoms with E-state index < -0.39 is 16.0 Å². The summed E-state index contributed by atoms with van der Waals surface area (Å²) in [5.74, 6) is -0.499. The second kappa shape index (κ2) is 8.79. The molecule has 1 aromatic heterocycles. The molecule has 8 nitrogen and oxygen atoms in total. The third-order valence-electron chi connectivity index (χ3n) is 3.12. The highest BCUT2D eigenvalue weighted by molar-refractivity contribution is 7.89. The molecule has 0 unspecified atom stereocenters. The van der Waals surface area contributed by atoms with Gasteiger partial charge in [0.2, 0.25) is 10.0 Å². The van der Waals surface area contributed by atoms with Gasteiger partial charge in [0.05, 0.1) is 9.77 Å². The number of carbonyl (C=O) groups is 2. The van der Waals surface area contributed by atoms with E-state index in [-0.39, 0.29) is 30.6 Å². The Morgan fingerprint density at radius 1 is 1.12 bits per heavy atom. The third kappa shape index (κ3) is 6.14. The van der Waals surface area contributed by atoms with Gasteiger partial charge in [0.15, 0.2) is 0 Å². The first-order chi connectivity index (χ1) is 12.3. The number of esters is 1. The predicted octanol–water partition coefficient (Wildman–Crippen LogP) is 1.06. The van der Waals surface area contributed by atoms with Gasteiger partial charge in [-0.2, -0.15) is 0 Å². The van der Waals surface area contributed by atoms with Crippen LogP contribution in [-0.2, 0) is 19.6 Å². The van der Waals surface area contributed by atoms with Crippen molar-refractivity contribution in [2.75, 3.05) is 19.8 Å². The SMILES string of the molecule is Cc1ccc(C(=O)NCC(=O)OCCOc2ccc(S(N)(=O)=O)cc2)s1. The van der Waals surface area contributed by atoms with E-state index in [2.05, 4.69) is 5.32 Å². The molecule has 140 valence electrons. The minimum Gasteiger partial charge on any atom is -0.490 e. The molecule has 0 aliphatic rings. The molecule has 1 amide bonds. The lowest BCUT2D eigenvalue weighted by Crippen LogP contribution is -2.30. The Kier molecular flexibility index (Phi) is 6.72. The molecule has 26 heavy (non-hydrogen) atoms. The van der Waals surface area contributed by atoms with Gasteiger partial charge >= 0.3 is 5.97 Å². The lowest BCUT2D eigenvalue weighted by molar-refractivity contribution is -0.143. The molecule has 0 fully saturated rings. The number of carbonyl (C=O) groups excluding carboxylic acids is 2. The average Bonchev–Trinajstić information content (AvgIpc) is 3.03. The number of amides is 1. The summed E-state index contributed by atoms with van der Waals surface area (Å²) < 4.78 is 32.5. The molecule has 0 saturated carbocycles. The molecule has 1 aromatic carbocycles. The van der Waals surface area contributed by atoms with E-state index in [1.165, 1.54) is 35.6 Å². The summed E-state index contributed by atoms with van der Waals surface area (Å²) >= 11 is 1.34. The Labute approximate surface area is 155 Å². The number of nitrogens with one attached hydrogen (secondary N) is 1. The fourth-order valence-electron chi connectivity index (χ4n) is 1.89. The number of primary sulfonamides is 1. The average molecular weight is 398 g/mol. The number of thiophene rings is 1. The molecule has 3 N–H and O–H groups in total. The lowest BCUT2D eigenvalue weighted by Gasteiger charge is -2.08. The van der Waals surface area contributed by atoms with Gasteiger partial charge in [0.1, 0.15) is 25.5 Å². The van der Waals surface area contributed by atoms with Crippen LogP contribution in [0.4, 0.5) is 0 Å². The van der Waals surface area contributed by atoms with Crippen molar-refractivity contribution in [3.05, 3.63) is 46.2 Å². The third-order valence-corrected chi connectivity index (χ3v) is 5.05. The van der Waals surface area contributed by atoms with Crippen molar-refractivity contribution < 1.29 is 27.5 Å². The van der Waals surface area contributed by atoms with Crippen molar-refractivity contribution in [2.24, 2.45) is 5.14 Å². The van der Waals surface area contributed by atoms with Crippen molar-refractivity contribution in [1.82, 2.24) is 5.32 Å². The van der Waals surface area contributed by atoms with Gasteiger partial charge < -0.3 is 14.8 Å². The normalized spacial score (nSPS) is 11.0. The molecule has 0 aliphatic heterocycles. The van der Waals surface area contributed by atoms with Crippen molar-refractivity contribution >= 4 is 33.2 Å². The van der Waals surface area contributed by atoms with E-state index in [0.29, 0.717) is 10.6 Å². The van der Waals surface area contributed by atoms with Crippen molar-refractivity contribution in [3.63, 3.8) is 0 Å². The minimum atomic E-state index is -3.75. The van der Waals surface area contributed by atoms with Crippen molar-refractivity contribution in [2.45, 2.75) is 11.8 Å². The minimum absolute atomic E-state index is 0.0102. The van der Waals surface area contributed by atoms with Crippen LogP contribution in [-0.4, -0.2) is 40.1 Å². The maximum Gasteiger partial charge on any atom is 0.325 e. The number of nitrogens with two attached hydrogens (primary N) is 1. The highest BCUT2D eigenvalue weighted by Gasteiger charge is 2.11. The highest BCUT2D eigenvalue weighted by Crippen LogP contribution is 2.15. The standard InChI is InChI=1S/C16H18N2O6S2/c1-11-2-7-14(25-11)16(20)18-10-15(19)24-9-8-23-12-3-5-13(6-4-12)26(17,21)22/h2-7H,8-10H2,1H3,(H,18,20)(H2,17,21,22). The number of hydrogen-bond acceptors (Lipinski definition) is 7. The molecular formula is C16H18N2O6S2. The first-order valence-corrected chi connectivity index (χ1v) is 9.88. The van der Waals surface area contributed by atoms with Crippen LogP contribution in [0, 0.1) is 6.92 Å². The molecule has 2 aromatic rings. The second-order valence-electron chi connectivity index (χ2n) is 5.18. The van der Waals surface area contributed by atoms with Crippen LogP contribution in [0.15, 0.2) is 41.3 Å². The van der Waals surface area contributed by atoms with Crippen LogP contribution in [0.5, 0.6) is 5.75 Å². The molecule has 0 aliphatic carbocycles. The summed E-state index contributed by atoms with van der Waals surface area (Å²) in [6.45, 7) is 1.72. The van der Waals surface area contributed by atoms with E-state index in [9.17, 15) is 18.0 Å². The maximum absolute atomic E-state index is 11.8. The van der Waals surface area contributed by atoms with Crippen LogP contribution < -0.4 is 15.2 Å². The smallest absolute Gasteiger partial charge is 0.325 e. The molecule has 1 heterocycles. The molecule has 0 spiro atoms. The Hall–Kier alpha value is -2.43. The zero-order valence-electron chi connectivity index (χ0n) is 13.9. The first-order valence-electron chi connectivity index (χ1n) is 7.51. The van der Waals surface area contributed by atoms with Gasteiger partial charge in [-0.3, -0.25) is 9.59 Å². The highest BCUT2D eigenvalue weighted by atomic mass is 32.2. The summed E-state index contributed by atoms with van der Waals surface area (Å²) in [5.41, 5.74) is 0. The number of rotatable bonds is 8. The van der Waals surface area contributed by atoms with E-state index >= 15 is 0 Å². The number of benzene rings is 1. The molecule has 0 atom stereocenters. The first kappa shape index (κ1) is 19.9. The molecule has 0 bridgehead atoms. The van der Waals surface area contributed by atoms with E-state index in [0.717, 1.165) is 4.88 Å². The van der Waals surface area contributed by atoms with Gasteiger partial charge in [-0.05, 0) is 43.3 Å². The second-order valence-corrected chi connectivity index (χ2v) is 8.03. The zero-order valence-corrected chi connectivity index (χ0v) is 15.6. The van der Waals surface area contributed by atoms with Crippen LogP contribution in [0.25, 0.3) is 0 Å². The fourth-order valence-corrected chi connectivity index (χ4v) is 3.19. The largest absolute Gasteiger partial charge is 0.490 e. The Balaban J connectivity index is 1.66. The van der Waals surface area contributed by atoms with E-state index in [4.69, 9.17) is 14.6 Å². The lowest BCUT2D eigenvalue weighted by atomic mass is 10.3. The maximum atomic E-state index is 11.8. The number of aryl methyl sites for hydroxylation is 1. The summed E-state index contributed by atoms with van der Waals surface area (Å²) in [7, 11) is -3.75. The number of hydrogen-bond donors (Lipinski definition) is 2. The van der Waals surface area contributed by atoms with E-state index in [1.807, 2.05) is 13.0 Å². The Morgan fingerprint density at radius 2 is 1.81 bits per heavy atom. The van der Waals surface area contributed by atoms with Crippen LogP contribution in [0.1, 0.15) is 14.5 Å².